The minimum atomic E-state index is -0.118. The highest BCUT2D eigenvalue weighted by Gasteiger charge is 2.17. The molecular formula is C18H25ClN4O. The van der Waals surface area contributed by atoms with Crippen molar-refractivity contribution in [1.82, 2.24) is 20.4 Å². The standard InChI is InChI=1S/C18H24N4O.ClH/c1-13-5-6-15(14(2)10-13)11-20-18(23)17-7-9-22(21-17)16-4-3-8-19-12-16;/h5-7,9-10,16,19H,3-4,8,11-12H2,1-2H3,(H,20,23);1H. The van der Waals surface area contributed by atoms with E-state index in [4.69, 9.17) is 0 Å². The van der Waals surface area contributed by atoms with Gasteiger partial charge in [-0.2, -0.15) is 5.10 Å². The van der Waals surface area contributed by atoms with Crippen LogP contribution in [0.25, 0.3) is 0 Å². The van der Waals surface area contributed by atoms with Crippen LogP contribution in [0, 0.1) is 13.8 Å². The molecule has 6 heteroatoms. The van der Waals surface area contributed by atoms with E-state index in [2.05, 4.69) is 47.8 Å². The van der Waals surface area contributed by atoms with Gasteiger partial charge in [0.05, 0.1) is 6.04 Å². The van der Waals surface area contributed by atoms with Gasteiger partial charge in [-0.25, -0.2) is 0 Å². The predicted octanol–water partition coefficient (Wildman–Crippen LogP) is 2.78. The molecule has 24 heavy (non-hydrogen) atoms. The number of piperidine rings is 1. The van der Waals surface area contributed by atoms with E-state index in [-0.39, 0.29) is 18.3 Å². The third-order valence-corrected chi connectivity index (χ3v) is 4.42. The first-order valence-electron chi connectivity index (χ1n) is 8.23. The van der Waals surface area contributed by atoms with E-state index in [9.17, 15) is 4.79 Å². The highest BCUT2D eigenvalue weighted by atomic mass is 35.5. The van der Waals surface area contributed by atoms with Gasteiger partial charge in [-0.3, -0.25) is 9.48 Å². The van der Waals surface area contributed by atoms with E-state index >= 15 is 0 Å². The van der Waals surface area contributed by atoms with Crippen LogP contribution in [-0.2, 0) is 6.54 Å². The minimum absolute atomic E-state index is 0. The normalized spacial score (nSPS) is 17.2. The van der Waals surface area contributed by atoms with Crippen molar-refractivity contribution in [3.63, 3.8) is 0 Å². The molecule has 1 amide bonds. The molecule has 1 aromatic heterocycles. The maximum absolute atomic E-state index is 12.3. The summed E-state index contributed by atoms with van der Waals surface area (Å²) in [5.74, 6) is -0.118. The largest absolute Gasteiger partial charge is 0.347 e. The Morgan fingerprint density at radius 3 is 2.92 bits per heavy atom. The Morgan fingerprint density at radius 2 is 2.21 bits per heavy atom. The van der Waals surface area contributed by atoms with Crippen LogP contribution >= 0.6 is 12.4 Å². The van der Waals surface area contributed by atoms with Crippen LogP contribution in [0.3, 0.4) is 0 Å². The van der Waals surface area contributed by atoms with Crippen LogP contribution in [0.2, 0.25) is 0 Å². The average Bonchev–Trinajstić information content (AvgIpc) is 3.05. The van der Waals surface area contributed by atoms with Gasteiger partial charge in [-0.05, 0) is 50.4 Å². The van der Waals surface area contributed by atoms with Crippen LogP contribution in [0.5, 0.6) is 0 Å². The molecule has 0 aliphatic carbocycles. The van der Waals surface area contributed by atoms with Gasteiger partial charge in [-0.15, -0.1) is 12.4 Å². The Labute approximate surface area is 149 Å². The number of amides is 1. The van der Waals surface area contributed by atoms with Crippen molar-refractivity contribution < 1.29 is 4.79 Å². The summed E-state index contributed by atoms with van der Waals surface area (Å²) in [5, 5.41) is 10.8. The second-order valence-electron chi connectivity index (χ2n) is 6.29. The van der Waals surface area contributed by atoms with Crippen molar-refractivity contribution in [2.45, 2.75) is 39.3 Å². The molecule has 5 nitrogen and oxygen atoms in total. The first kappa shape index (κ1) is 18.5. The zero-order valence-corrected chi connectivity index (χ0v) is 15.0. The predicted molar refractivity (Wildman–Crippen MR) is 97.7 cm³/mol. The van der Waals surface area contributed by atoms with Gasteiger partial charge < -0.3 is 10.6 Å². The van der Waals surface area contributed by atoms with Gasteiger partial charge in [0.25, 0.3) is 5.91 Å². The molecule has 3 rings (SSSR count). The zero-order valence-electron chi connectivity index (χ0n) is 14.2. The molecular weight excluding hydrogens is 324 g/mol. The average molecular weight is 349 g/mol. The van der Waals surface area contributed by atoms with Crippen LogP contribution in [0.4, 0.5) is 0 Å². The highest BCUT2D eigenvalue weighted by molar-refractivity contribution is 5.92. The summed E-state index contributed by atoms with van der Waals surface area (Å²) in [6, 6.07) is 8.42. The van der Waals surface area contributed by atoms with E-state index in [0.29, 0.717) is 18.3 Å². The molecule has 130 valence electrons. The van der Waals surface area contributed by atoms with Gasteiger partial charge in [-0.1, -0.05) is 23.8 Å². The number of nitrogens with zero attached hydrogens (tertiary/aromatic N) is 2. The zero-order chi connectivity index (χ0) is 16.2. The van der Waals surface area contributed by atoms with Gasteiger partial charge in [0.1, 0.15) is 5.69 Å². The van der Waals surface area contributed by atoms with Gasteiger partial charge in [0, 0.05) is 19.3 Å². The van der Waals surface area contributed by atoms with E-state index in [1.54, 1.807) is 6.07 Å². The number of hydrogen-bond donors (Lipinski definition) is 2. The van der Waals surface area contributed by atoms with Gasteiger partial charge in [0.15, 0.2) is 0 Å². The highest BCUT2D eigenvalue weighted by Crippen LogP contribution is 2.16. The lowest BCUT2D eigenvalue weighted by Gasteiger charge is -2.22. The summed E-state index contributed by atoms with van der Waals surface area (Å²) in [6.45, 7) is 6.66. The number of carbonyl (C=O) groups is 1. The molecule has 1 fully saturated rings. The van der Waals surface area contributed by atoms with Crippen LogP contribution in [-0.4, -0.2) is 28.8 Å². The number of rotatable bonds is 4. The van der Waals surface area contributed by atoms with Crippen molar-refractivity contribution in [2.75, 3.05) is 13.1 Å². The molecule has 0 bridgehead atoms. The molecule has 1 atom stereocenters. The maximum atomic E-state index is 12.3. The van der Waals surface area contributed by atoms with Crippen molar-refractivity contribution in [2.24, 2.45) is 0 Å². The summed E-state index contributed by atoms with van der Waals surface area (Å²) < 4.78 is 1.91. The quantitative estimate of drug-likeness (QED) is 0.893. The lowest BCUT2D eigenvalue weighted by molar-refractivity contribution is 0.0944. The fraction of sp³-hybridized carbons (Fsp3) is 0.444. The lowest BCUT2D eigenvalue weighted by atomic mass is 10.1. The fourth-order valence-electron chi connectivity index (χ4n) is 3.03. The monoisotopic (exact) mass is 348 g/mol. The van der Waals surface area contributed by atoms with Crippen molar-refractivity contribution in [3.05, 3.63) is 52.8 Å². The first-order valence-corrected chi connectivity index (χ1v) is 8.23. The smallest absolute Gasteiger partial charge is 0.272 e. The summed E-state index contributed by atoms with van der Waals surface area (Å²) >= 11 is 0. The molecule has 2 aromatic rings. The molecule has 0 spiro atoms. The number of nitrogens with one attached hydrogen (secondary N) is 2. The number of hydrogen-bond acceptors (Lipinski definition) is 3. The minimum Gasteiger partial charge on any atom is -0.347 e. The maximum Gasteiger partial charge on any atom is 0.272 e. The Bertz CT molecular complexity index is 692. The number of aromatic nitrogens is 2. The number of aryl methyl sites for hydroxylation is 2. The van der Waals surface area contributed by atoms with Crippen molar-refractivity contribution in [1.29, 1.82) is 0 Å². The third kappa shape index (κ3) is 4.36. The van der Waals surface area contributed by atoms with Crippen molar-refractivity contribution in [3.8, 4) is 0 Å². The van der Waals surface area contributed by atoms with Crippen LogP contribution < -0.4 is 10.6 Å². The van der Waals surface area contributed by atoms with Gasteiger partial charge in [0.2, 0.25) is 0 Å². The van der Waals surface area contributed by atoms with Crippen molar-refractivity contribution >= 4 is 18.3 Å². The van der Waals surface area contributed by atoms with E-state index < -0.39 is 0 Å². The summed E-state index contributed by atoms with van der Waals surface area (Å²) in [4.78, 5) is 12.3. The van der Waals surface area contributed by atoms with Crippen LogP contribution in [0.15, 0.2) is 30.5 Å². The topological polar surface area (TPSA) is 59.0 Å². The molecule has 1 saturated heterocycles. The molecule has 1 aliphatic heterocycles. The molecule has 1 aromatic carbocycles. The summed E-state index contributed by atoms with van der Waals surface area (Å²) in [7, 11) is 0. The lowest BCUT2D eigenvalue weighted by Crippen LogP contribution is -2.32. The molecule has 2 N–H and O–H groups in total. The molecule has 0 radical (unpaired) electrons. The van der Waals surface area contributed by atoms with E-state index in [1.807, 2.05) is 10.9 Å². The molecule has 1 aliphatic rings. The van der Waals surface area contributed by atoms with Crippen LogP contribution in [0.1, 0.15) is 46.1 Å². The number of halogens is 1. The second-order valence-corrected chi connectivity index (χ2v) is 6.29. The third-order valence-electron chi connectivity index (χ3n) is 4.42. The van der Waals surface area contributed by atoms with Gasteiger partial charge >= 0.3 is 0 Å². The number of benzene rings is 1. The SMILES string of the molecule is Cc1ccc(CNC(=O)c2ccn(C3CCCNC3)n2)c(C)c1.Cl. The second kappa shape index (κ2) is 8.31. The number of carbonyl (C=O) groups excluding carboxylic acids is 1. The van der Waals surface area contributed by atoms with E-state index in [1.165, 1.54) is 11.1 Å². The Balaban J connectivity index is 0.00000208. The van der Waals surface area contributed by atoms with E-state index in [0.717, 1.165) is 31.5 Å². The first-order chi connectivity index (χ1) is 11.1. The fourth-order valence-corrected chi connectivity index (χ4v) is 3.03. The molecule has 2 heterocycles. The Kier molecular flexibility index (Phi) is 6.40. The summed E-state index contributed by atoms with van der Waals surface area (Å²) in [5.41, 5.74) is 4.06. The Hall–Kier alpha value is -1.85. The Morgan fingerprint density at radius 1 is 1.38 bits per heavy atom. The molecule has 1 unspecified atom stereocenters. The summed E-state index contributed by atoms with van der Waals surface area (Å²) in [6.07, 6.45) is 4.17. The molecule has 0 saturated carbocycles.